The molecular formula is C23H34O6. The fourth-order valence-corrected chi connectivity index (χ4v) is 7.82. The zero-order valence-corrected chi connectivity index (χ0v) is 18.0. The predicted molar refractivity (Wildman–Crippen MR) is 105 cm³/mol. The van der Waals surface area contributed by atoms with Crippen molar-refractivity contribution >= 4 is 17.7 Å². The molecule has 4 rings (SSSR count). The van der Waals surface area contributed by atoms with E-state index in [-0.39, 0.29) is 53.1 Å². The van der Waals surface area contributed by atoms with Gasteiger partial charge in [0.2, 0.25) is 0 Å². The van der Waals surface area contributed by atoms with E-state index in [4.69, 9.17) is 9.47 Å². The zero-order valence-electron chi connectivity index (χ0n) is 18.0. The van der Waals surface area contributed by atoms with Gasteiger partial charge in [0.25, 0.3) is 0 Å². The minimum atomic E-state index is -1.33. The normalized spacial score (nSPS) is 48.9. The second-order valence-corrected chi connectivity index (χ2v) is 10.4. The fraction of sp³-hybridized carbons (Fsp3) is 0.870. The van der Waals surface area contributed by atoms with Crippen LogP contribution < -0.4 is 0 Å². The van der Waals surface area contributed by atoms with Crippen molar-refractivity contribution in [3.05, 3.63) is 0 Å². The molecule has 0 unspecified atom stereocenters. The van der Waals surface area contributed by atoms with Crippen LogP contribution in [0.1, 0.15) is 79.1 Å². The highest BCUT2D eigenvalue weighted by Crippen LogP contribution is 2.67. The molecule has 0 saturated heterocycles. The number of ether oxygens (including phenoxy) is 2. The lowest BCUT2D eigenvalue weighted by Gasteiger charge is -2.63. The largest absolute Gasteiger partial charge is 0.462 e. The number of carbonyl (C=O) groups excluding carboxylic acids is 3. The first-order valence-electron chi connectivity index (χ1n) is 11.1. The molecule has 0 spiro atoms. The second kappa shape index (κ2) is 6.79. The third kappa shape index (κ3) is 2.88. The molecule has 4 fully saturated rings. The number of hydrogen-bond acceptors (Lipinski definition) is 6. The Balaban J connectivity index is 1.78. The van der Waals surface area contributed by atoms with Crippen molar-refractivity contribution in [1.29, 1.82) is 0 Å². The first-order valence-corrected chi connectivity index (χ1v) is 11.1. The molecule has 6 nitrogen and oxygen atoms in total. The number of rotatable bonds is 2. The Morgan fingerprint density at radius 3 is 2.34 bits per heavy atom. The average Bonchev–Trinajstić information content (AvgIpc) is 2.92. The van der Waals surface area contributed by atoms with Crippen molar-refractivity contribution in [2.75, 3.05) is 0 Å². The van der Waals surface area contributed by atoms with Gasteiger partial charge in [0.1, 0.15) is 17.8 Å². The molecule has 0 aliphatic heterocycles. The Hall–Kier alpha value is -1.43. The molecule has 6 heteroatoms. The molecule has 4 saturated carbocycles. The Morgan fingerprint density at radius 1 is 1.03 bits per heavy atom. The van der Waals surface area contributed by atoms with E-state index >= 15 is 0 Å². The summed E-state index contributed by atoms with van der Waals surface area (Å²) in [6, 6.07) is 0. The van der Waals surface area contributed by atoms with Gasteiger partial charge in [0, 0.05) is 37.0 Å². The average molecular weight is 407 g/mol. The Morgan fingerprint density at radius 2 is 1.69 bits per heavy atom. The number of carbonyl (C=O) groups is 3. The maximum absolute atomic E-state index is 13.2. The lowest BCUT2D eigenvalue weighted by atomic mass is 9.42. The summed E-state index contributed by atoms with van der Waals surface area (Å²) in [5, 5.41) is 11.5. The van der Waals surface area contributed by atoms with Gasteiger partial charge in [-0.1, -0.05) is 26.7 Å². The van der Waals surface area contributed by atoms with Crippen LogP contribution in [0.2, 0.25) is 0 Å². The van der Waals surface area contributed by atoms with Crippen LogP contribution in [0.4, 0.5) is 0 Å². The van der Waals surface area contributed by atoms with Gasteiger partial charge in [-0.25, -0.2) is 0 Å². The summed E-state index contributed by atoms with van der Waals surface area (Å²) < 4.78 is 11.6. The van der Waals surface area contributed by atoms with Crippen molar-refractivity contribution in [2.45, 2.75) is 96.9 Å². The van der Waals surface area contributed by atoms with E-state index in [1.54, 1.807) is 0 Å². The zero-order chi connectivity index (χ0) is 21.2. The third-order valence-corrected chi connectivity index (χ3v) is 9.02. The van der Waals surface area contributed by atoms with Crippen molar-refractivity contribution in [1.82, 2.24) is 0 Å². The molecule has 4 aliphatic carbocycles. The maximum Gasteiger partial charge on any atom is 0.302 e. The van der Waals surface area contributed by atoms with Gasteiger partial charge in [-0.15, -0.1) is 0 Å². The van der Waals surface area contributed by atoms with Crippen LogP contribution in [0.15, 0.2) is 0 Å². The number of hydrogen-bond donors (Lipinski definition) is 1. The van der Waals surface area contributed by atoms with Crippen molar-refractivity contribution in [3.63, 3.8) is 0 Å². The Labute approximate surface area is 172 Å². The van der Waals surface area contributed by atoms with Crippen LogP contribution in [0.25, 0.3) is 0 Å². The van der Waals surface area contributed by atoms with Gasteiger partial charge in [-0.3, -0.25) is 14.4 Å². The highest BCUT2D eigenvalue weighted by Gasteiger charge is 2.70. The van der Waals surface area contributed by atoms with E-state index in [2.05, 4.69) is 6.92 Å². The molecule has 0 aromatic rings. The van der Waals surface area contributed by atoms with Crippen LogP contribution in [-0.4, -0.2) is 40.6 Å². The number of fused-ring (bicyclic) bond motifs is 5. The minimum Gasteiger partial charge on any atom is -0.462 e. The van der Waals surface area contributed by atoms with Crippen LogP contribution in [0, 0.1) is 28.6 Å². The first kappa shape index (κ1) is 20.8. The summed E-state index contributed by atoms with van der Waals surface area (Å²) in [6.45, 7) is 7.02. The summed E-state index contributed by atoms with van der Waals surface area (Å²) in [7, 11) is 0. The monoisotopic (exact) mass is 406 g/mol. The van der Waals surface area contributed by atoms with Gasteiger partial charge in [-0.05, 0) is 43.9 Å². The van der Waals surface area contributed by atoms with E-state index < -0.39 is 11.0 Å². The summed E-state index contributed by atoms with van der Waals surface area (Å²) in [4.78, 5) is 37.0. The van der Waals surface area contributed by atoms with Crippen LogP contribution >= 0.6 is 0 Å². The smallest absolute Gasteiger partial charge is 0.302 e. The summed E-state index contributed by atoms with van der Waals surface area (Å²) in [5.41, 5.74) is -2.24. The molecule has 29 heavy (non-hydrogen) atoms. The number of ketones is 1. The highest BCUT2D eigenvalue weighted by molar-refractivity contribution is 5.89. The van der Waals surface area contributed by atoms with Crippen LogP contribution in [0.5, 0.6) is 0 Å². The molecular weight excluding hydrogens is 372 g/mol. The summed E-state index contributed by atoms with van der Waals surface area (Å²) in [6.07, 6.45) is 5.08. The van der Waals surface area contributed by atoms with Crippen molar-refractivity contribution in [2.24, 2.45) is 28.6 Å². The molecule has 0 aromatic heterocycles. The molecule has 0 radical (unpaired) electrons. The van der Waals surface area contributed by atoms with E-state index in [1.165, 1.54) is 13.8 Å². The summed E-state index contributed by atoms with van der Waals surface area (Å²) >= 11 is 0. The van der Waals surface area contributed by atoms with E-state index in [0.717, 1.165) is 32.1 Å². The fourth-order valence-electron chi connectivity index (χ4n) is 7.82. The SMILES string of the molecule is CC(=O)O[C@@H]1C[C@]2(C)[C@H](CC[C@H]2OC(C)=O)[C@@H]2CC(=O)[C@@]3(O)CCCC[C@]3(C)[C@H]21. The van der Waals surface area contributed by atoms with E-state index in [1.807, 2.05) is 6.92 Å². The lowest BCUT2D eigenvalue weighted by molar-refractivity contribution is -0.233. The molecule has 8 atom stereocenters. The van der Waals surface area contributed by atoms with Crippen molar-refractivity contribution < 1.29 is 29.0 Å². The molecule has 162 valence electrons. The lowest BCUT2D eigenvalue weighted by Crippen LogP contribution is -2.69. The highest BCUT2D eigenvalue weighted by atomic mass is 16.6. The van der Waals surface area contributed by atoms with E-state index in [9.17, 15) is 19.5 Å². The standard InChI is InChI=1S/C23H34O6/c1-13(24)28-17-12-21(3)16(7-8-19(21)29-14(2)25)15-11-18(26)23(27)10-6-5-9-22(23,4)20(15)17/h15-17,19-20,27H,5-12H2,1-4H3/t15-,16+,17+,19+,20+,21+,22+,23-/m0/s1. The van der Waals surface area contributed by atoms with Gasteiger partial charge in [0.15, 0.2) is 5.78 Å². The van der Waals surface area contributed by atoms with Gasteiger partial charge in [0.05, 0.1) is 0 Å². The number of Topliss-reactive ketones (excluding diaryl/α,β-unsaturated/α-hetero) is 1. The van der Waals surface area contributed by atoms with E-state index in [0.29, 0.717) is 19.3 Å². The maximum atomic E-state index is 13.2. The predicted octanol–water partition coefficient (Wildman–Crippen LogP) is 3.19. The third-order valence-electron chi connectivity index (χ3n) is 9.02. The van der Waals surface area contributed by atoms with Crippen molar-refractivity contribution in [3.8, 4) is 0 Å². The topological polar surface area (TPSA) is 89.9 Å². The second-order valence-electron chi connectivity index (χ2n) is 10.4. The Bertz CT molecular complexity index is 733. The summed E-state index contributed by atoms with van der Waals surface area (Å²) in [5.74, 6) is -0.481. The van der Waals surface area contributed by atoms with Crippen LogP contribution in [-0.2, 0) is 23.9 Å². The first-order chi connectivity index (χ1) is 13.5. The molecule has 1 N–H and O–H groups in total. The molecule has 0 aromatic carbocycles. The number of aliphatic hydroxyl groups is 1. The molecule has 4 aliphatic rings. The van der Waals surface area contributed by atoms with Gasteiger partial charge in [-0.2, -0.15) is 0 Å². The van der Waals surface area contributed by atoms with Crippen LogP contribution in [0.3, 0.4) is 0 Å². The molecule has 0 bridgehead atoms. The minimum absolute atomic E-state index is 0.0366. The Kier molecular flexibility index (Phi) is 4.88. The number of esters is 2. The quantitative estimate of drug-likeness (QED) is 0.709. The molecule has 0 amide bonds. The van der Waals surface area contributed by atoms with Gasteiger partial charge >= 0.3 is 11.9 Å². The van der Waals surface area contributed by atoms with Gasteiger partial charge < -0.3 is 14.6 Å². The molecule has 0 heterocycles.